The topological polar surface area (TPSA) is 26.7 Å². The molecule has 0 aliphatic carbocycles. The predicted octanol–water partition coefficient (Wildman–Crippen LogP) is 4.38. The minimum absolute atomic E-state index is 0.255. The number of hydrogen-bond acceptors (Lipinski definition) is 4. The molecule has 2 aliphatic rings. The third kappa shape index (κ3) is 4.64. The molecule has 3 nitrogen and oxygen atoms in total. The Bertz CT molecular complexity index is 846. The van der Waals surface area contributed by atoms with Gasteiger partial charge in [-0.1, -0.05) is 41.9 Å². The van der Waals surface area contributed by atoms with Crippen molar-refractivity contribution in [1.82, 2.24) is 9.80 Å². The minimum atomic E-state index is 0.255. The Morgan fingerprint density at radius 3 is 2.50 bits per heavy atom. The fraction of sp³-hybridized carbons (Fsp3) is 0.391. The number of halogens is 1. The Balaban J connectivity index is 1.52. The largest absolute Gasteiger partial charge is 0.395 e. The number of benzene rings is 2. The van der Waals surface area contributed by atoms with E-state index in [1.54, 1.807) is 0 Å². The van der Waals surface area contributed by atoms with Crippen LogP contribution in [0.25, 0.3) is 5.57 Å². The summed E-state index contributed by atoms with van der Waals surface area (Å²) >= 11 is 8.25. The number of aliphatic hydroxyl groups is 1. The van der Waals surface area contributed by atoms with Crippen molar-refractivity contribution in [2.75, 3.05) is 45.9 Å². The first-order valence-electron chi connectivity index (χ1n) is 10.0. The molecule has 2 aromatic rings. The average Bonchev–Trinajstić information content (AvgIpc) is 2.87. The van der Waals surface area contributed by atoms with Crippen LogP contribution in [-0.4, -0.2) is 60.8 Å². The highest BCUT2D eigenvalue weighted by atomic mass is 35.5. The molecule has 5 heteroatoms. The van der Waals surface area contributed by atoms with Crippen molar-refractivity contribution >= 4 is 28.9 Å². The maximum absolute atomic E-state index is 9.10. The molecule has 0 saturated carbocycles. The lowest BCUT2D eigenvalue weighted by Crippen LogP contribution is -2.47. The van der Waals surface area contributed by atoms with Crippen LogP contribution in [0.1, 0.15) is 23.1 Å². The molecule has 0 radical (unpaired) electrons. The first-order valence-corrected chi connectivity index (χ1v) is 11.4. The average molecular weight is 415 g/mol. The van der Waals surface area contributed by atoms with Gasteiger partial charge in [-0.05, 0) is 46.9 Å². The van der Waals surface area contributed by atoms with Crippen LogP contribution in [0.2, 0.25) is 5.02 Å². The molecule has 0 atom stereocenters. The normalized spacial score (nSPS) is 19.3. The minimum Gasteiger partial charge on any atom is -0.395 e. The zero-order valence-electron chi connectivity index (χ0n) is 16.1. The van der Waals surface area contributed by atoms with Gasteiger partial charge in [0, 0.05) is 54.9 Å². The van der Waals surface area contributed by atoms with Crippen molar-refractivity contribution in [3.05, 3.63) is 70.3 Å². The molecular formula is C23H27ClN2OS. The second kappa shape index (κ2) is 9.47. The summed E-state index contributed by atoms with van der Waals surface area (Å²) in [6, 6.07) is 15.0. The summed E-state index contributed by atoms with van der Waals surface area (Å²) in [5, 5.41) is 9.89. The van der Waals surface area contributed by atoms with E-state index in [1.807, 2.05) is 17.8 Å². The van der Waals surface area contributed by atoms with Crippen molar-refractivity contribution in [2.45, 2.75) is 17.1 Å². The molecular weight excluding hydrogens is 388 g/mol. The van der Waals surface area contributed by atoms with Crippen molar-refractivity contribution in [3.63, 3.8) is 0 Å². The maximum Gasteiger partial charge on any atom is 0.0558 e. The van der Waals surface area contributed by atoms with Crippen molar-refractivity contribution < 1.29 is 5.11 Å². The lowest BCUT2D eigenvalue weighted by atomic mass is 9.93. The van der Waals surface area contributed by atoms with Gasteiger partial charge in [0.25, 0.3) is 0 Å². The Labute approximate surface area is 177 Å². The smallest absolute Gasteiger partial charge is 0.0558 e. The quantitative estimate of drug-likeness (QED) is 0.785. The summed E-state index contributed by atoms with van der Waals surface area (Å²) in [5.74, 6) is 0.995. The van der Waals surface area contributed by atoms with Gasteiger partial charge in [0.1, 0.15) is 0 Å². The van der Waals surface area contributed by atoms with E-state index in [9.17, 15) is 0 Å². The first kappa shape index (κ1) is 20.0. The molecule has 0 bridgehead atoms. The van der Waals surface area contributed by atoms with Gasteiger partial charge in [-0.3, -0.25) is 4.90 Å². The van der Waals surface area contributed by atoms with E-state index in [0.29, 0.717) is 0 Å². The van der Waals surface area contributed by atoms with Gasteiger partial charge in [0.15, 0.2) is 0 Å². The van der Waals surface area contributed by atoms with Gasteiger partial charge in [0.2, 0.25) is 0 Å². The van der Waals surface area contributed by atoms with E-state index >= 15 is 0 Å². The van der Waals surface area contributed by atoms with E-state index in [1.165, 1.54) is 27.2 Å². The SMILES string of the molecule is OCCN1CCN(CC/C=C2/c3ccccc3CSc3ccc(Cl)cc32)CC1. The van der Waals surface area contributed by atoms with Crippen molar-refractivity contribution in [2.24, 2.45) is 0 Å². The molecule has 1 saturated heterocycles. The zero-order chi connectivity index (χ0) is 19.3. The summed E-state index contributed by atoms with van der Waals surface area (Å²) in [6.45, 7) is 6.39. The van der Waals surface area contributed by atoms with E-state index in [0.717, 1.165) is 56.5 Å². The second-order valence-corrected chi connectivity index (χ2v) is 8.85. The van der Waals surface area contributed by atoms with E-state index in [4.69, 9.17) is 16.7 Å². The van der Waals surface area contributed by atoms with Gasteiger partial charge in [-0.15, -0.1) is 11.8 Å². The van der Waals surface area contributed by atoms with Gasteiger partial charge in [-0.2, -0.15) is 0 Å². The third-order valence-corrected chi connectivity index (χ3v) is 6.95. The Morgan fingerprint density at radius 2 is 1.71 bits per heavy atom. The van der Waals surface area contributed by atoms with Gasteiger partial charge in [0.05, 0.1) is 6.61 Å². The zero-order valence-corrected chi connectivity index (χ0v) is 17.7. The predicted molar refractivity (Wildman–Crippen MR) is 119 cm³/mol. The molecule has 2 aromatic carbocycles. The highest BCUT2D eigenvalue weighted by Gasteiger charge is 2.19. The number of fused-ring (bicyclic) bond motifs is 2. The first-order chi connectivity index (χ1) is 13.7. The monoisotopic (exact) mass is 414 g/mol. The number of β-amino-alcohol motifs (C(OH)–C–C–N with tert-alkyl or cyclic N) is 1. The fourth-order valence-electron chi connectivity index (χ4n) is 4.04. The molecule has 4 rings (SSSR count). The van der Waals surface area contributed by atoms with Crippen LogP contribution < -0.4 is 0 Å². The lowest BCUT2D eigenvalue weighted by Gasteiger charge is -2.34. The van der Waals surface area contributed by atoms with Crippen molar-refractivity contribution in [3.8, 4) is 0 Å². The number of hydrogen-bond donors (Lipinski definition) is 1. The summed E-state index contributed by atoms with van der Waals surface area (Å²) in [6.07, 6.45) is 3.43. The molecule has 28 heavy (non-hydrogen) atoms. The molecule has 0 unspecified atom stereocenters. The van der Waals surface area contributed by atoms with E-state index < -0.39 is 0 Å². The highest BCUT2D eigenvalue weighted by molar-refractivity contribution is 7.98. The molecule has 1 fully saturated rings. The summed E-state index contributed by atoms with van der Waals surface area (Å²) in [5.41, 5.74) is 5.31. The molecule has 0 spiro atoms. The third-order valence-electron chi connectivity index (χ3n) is 5.60. The molecule has 148 valence electrons. The number of rotatable bonds is 5. The summed E-state index contributed by atoms with van der Waals surface area (Å²) < 4.78 is 0. The highest BCUT2D eigenvalue weighted by Crippen LogP contribution is 2.41. The van der Waals surface area contributed by atoms with Crippen LogP contribution >= 0.6 is 23.4 Å². The molecule has 0 aromatic heterocycles. The number of thioether (sulfide) groups is 1. The van der Waals surface area contributed by atoms with Crippen LogP contribution in [-0.2, 0) is 5.75 Å². The molecule has 1 N–H and O–H groups in total. The molecule has 2 aliphatic heterocycles. The Hall–Kier alpha value is -1.30. The Morgan fingerprint density at radius 1 is 0.964 bits per heavy atom. The van der Waals surface area contributed by atoms with E-state index in [2.05, 4.69) is 52.3 Å². The van der Waals surface area contributed by atoms with Crippen molar-refractivity contribution in [1.29, 1.82) is 0 Å². The molecule has 2 heterocycles. The van der Waals surface area contributed by atoms with E-state index in [-0.39, 0.29) is 6.61 Å². The lowest BCUT2D eigenvalue weighted by molar-refractivity contribution is 0.114. The van der Waals surface area contributed by atoms with Gasteiger partial charge < -0.3 is 10.0 Å². The summed E-state index contributed by atoms with van der Waals surface area (Å²) in [4.78, 5) is 6.18. The second-order valence-electron chi connectivity index (χ2n) is 7.40. The standard InChI is InChI=1S/C23H27ClN2OS/c24-19-7-8-23-22(16-19)21(20-5-2-1-4-18(20)17-28-23)6-3-9-25-10-12-26(13-11-25)14-15-27/h1-2,4-8,16,27H,3,9-15,17H2/b21-6-. The van der Waals surface area contributed by atoms with Crippen LogP contribution in [0.5, 0.6) is 0 Å². The fourth-order valence-corrected chi connectivity index (χ4v) is 5.26. The number of aliphatic hydroxyl groups excluding tert-OH is 1. The number of piperazine rings is 1. The van der Waals surface area contributed by atoms with Crippen LogP contribution in [0.4, 0.5) is 0 Å². The van der Waals surface area contributed by atoms with Crippen LogP contribution in [0.15, 0.2) is 53.4 Å². The maximum atomic E-state index is 9.10. The van der Waals surface area contributed by atoms with Gasteiger partial charge >= 0.3 is 0 Å². The Kier molecular flexibility index (Phi) is 6.76. The molecule has 0 amide bonds. The van der Waals surface area contributed by atoms with Crippen LogP contribution in [0, 0.1) is 0 Å². The van der Waals surface area contributed by atoms with Gasteiger partial charge in [-0.25, -0.2) is 0 Å². The summed E-state index contributed by atoms with van der Waals surface area (Å²) in [7, 11) is 0. The van der Waals surface area contributed by atoms with Crippen LogP contribution in [0.3, 0.4) is 0 Å². The number of nitrogens with zero attached hydrogens (tertiary/aromatic N) is 2.